The summed E-state index contributed by atoms with van der Waals surface area (Å²) >= 11 is 0. The lowest BCUT2D eigenvalue weighted by Crippen LogP contribution is -1.90. The first-order valence-corrected chi connectivity index (χ1v) is 6.73. The summed E-state index contributed by atoms with van der Waals surface area (Å²) in [7, 11) is 0. The van der Waals surface area contributed by atoms with Gasteiger partial charge in [0.25, 0.3) is 5.69 Å². The van der Waals surface area contributed by atoms with Crippen molar-refractivity contribution in [2.75, 3.05) is 0 Å². The number of aliphatic imine (C=N–C) groups is 1. The first-order chi connectivity index (χ1) is 10.4. The second kappa shape index (κ2) is 6.26. The number of benzene rings is 2. The molecule has 0 amide bonds. The topological polar surface area (TPSA) is 96.0 Å². The quantitative estimate of drug-likeness (QED) is 0.508. The van der Waals surface area contributed by atoms with Gasteiger partial charge < -0.3 is 10.2 Å². The maximum absolute atomic E-state index is 10.8. The Balaban J connectivity index is 2.38. The fourth-order valence-electron chi connectivity index (χ4n) is 1.90. The highest BCUT2D eigenvalue weighted by Gasteiger charge is 2.09. The summed E-state index contributed by atoms with van der Waals surface area (Å²) in [6.07, 6.45) is 1.29. The van der Waals surface area contributed by atoms with Gasteiger partial charge in [0.1, 0.15) is 17.2 Å². The third-order valence-corrected chi connectivity index (χ3v) is 3.23. The molecule has 114 valence electrons. The van der Waals surface area contributed by atoms with Crippen LogP contribution in [0.15, 0.2) is 41.4 Å². The van der Waals surface area contributed by atoms with Crippen molar-refractivity contribution >= 4 is 17.6 Å². The van der Waals surface area contributed by atoms with E-state index in [1.165, 1.54) is 24.4 Å². The number of phenols is 2. The molecule has 22 heavy (non-hydrogen) atoms. The molecular formula is C16H16N2O4. The lowest BCUT2D eigenvalue weighted by molar-refractivity contribution is -0.384. The minimum Gasteiger partial charge on any atom is -0.507 e. The average molecular weight is 300 g/mol. The zero-order chi connectivity index (χ0) is 16.3. The molecule has 0 bridgehead atoms. The monoisotopic (exact) mass is 300 g/mol. The third-order valence-electron chi connectivity index (χ3n) is 3.23. The highest BCUT2D eigenvalue weighted by atomic mass is 16.6. The van der Waals surface area contributed by atoms with Crippen molar-refractivity contribution in [3.8, 4) is 11.5 Å². The highest BCUT2D eigenvalue weighted by Crippen LogP contribution is 2.30. The van der Waals surface area contributed by atoms with Crippen LogP contribution in [0.1, 0.15) is 30.9 Å². The van der Waals surface area contributed by atoms with E-state index in [-0.39, 0.29) is 28.7 Å². The van der Waals surface area contributed by atoms with E-state index in [2.05, 4.69) is 4.99 Å². The largest absolute Gasteiger partial charge is 0.507 e. The zero-order valence-corrected chi connectivity index (χ0v) is 12.2. The normalized spacial score (nSPS) is 11.2. The van der Waals surface area contributed by atoms with Crippen molar-refractivity contribution < 1.29 is 15.1 Å². The van der Waals surface area contributed by atoms with E-state index in [1.807, 2.05) is 19.9 Å². The van der Waals surface area contributed by atoms with Crippen LogP contribution < -0.4 is 0 Å². The van der Waals surface area contributed by atoms with Gasteiger partial charge in [0, 0.05) is 23.9 Å². The Morgan fingerprint density at radius 1 is 1.14 bits per heavy atom. The Bertz CT molecular complexity index is 739. The summed E-state index contributed by atoms with van der Waals surface area (Å²) in [6.45, 7) is 4.04. The van der Waals surface area contributed by atoms with Crippen molar-refractivity contribution in [1.82, 2.24) is 0 Å². The van der Waals surface area contributed by atoms with Gasteiger partial charge in [-0.2, -0.15) is 0 Å². The number of nitro groups is 1. The van der Waals surface area contributed by atoms with E-state index in [1.54, 1.807) is 12.1 Å². The molecule has 0 heterocycles. The second-order valence-electron chi connectivity index (χ2n) is 5.16. The predicted molar refractivity (Wildman–Crippen MR) is 84.2 cm³/mol. The first kappa shape index (κ1) is 15.5. The minimum absolute atomic E-state index is 0.00516. The van der Waals surface area contributed by atoms with Crippen LogP contribution in [-0.4, -0.2) is 21.4 Å². The molecule has 6 nitrogen and oxygen atoms in total. The van der Waals surface area contributed by atoms with Crippen LogP contribution in [0.2, 0.25) is 0 Å². The molecule has 2 aromatic carbocycles. The number of aromatic hydroxyl groups is 2. The van der Waals surface area contributed by atoms with Crippen LogP contribution in [0.3, 0.4) is 0 Å². The van der Waals surface area contributed by atoms with Gasteiger partial charge in [-0.1, -0.05) is 19.9 Å². The Labute approximate surface area is 127 Å². The number of phenolic OH excluding ortho intramolecular Hbond substituents is 2. The molecule has 2 aromatic rings. The fraction of sp³-hybridized carbons (Fsp3) is 0.188. The number of hydrogen-bond acceptors (Lipinski definition) is 5. The van der Waals surface area contributed by atoms with Crippen LogP contribution in [-0.2, 0) is 0 Å². The summed E-state index contributed by atoms with van der Waals surface area (Å²) < 4.78 is 0. The standard InChI is InChI=1S/C16H16N2O4/c1-10(2)11-3-5-16(20)14(8-11)17-9-12-7-13(18(21)22)4-6-15(12)19/h3-10,19-20H,1-2H3. The van der Waals surface area contributed by atoms with E-state index in [0.717, 1.165) is 5.56 Å². The Morgan fingerprint density at radius 3 is 2.45 bits per heavy atom. The fourth-order valence-corrected chi connectivity index (χ4v) is 1.90. The van der Waals surface area contributed by atoms with Crippen molar-refractivity contribution in [3.05, 3.63) is 57.6 Å². The van der Waals surface area contributed by atoms with Gasteiger partial charge in [0.05, 0.1) is 4.92 Å². The van der Waals surface area contributed by atoms with Crippen LogP contribution in [0, 0.1) is 10.1 Å². The molecule has 0 aliphatic rings. The summed E-state index contributed by atoms with van der Waals surface area (Å²) in [5.74, 6) is 0.167. The average Bonchev–Trinajstić information content (AvgIpc) is 2.47. The summed E-state index contributed by atoms with van der Waals surface area (Å²) in [4.78, 5) is 14.3. The van der Waals surface area contributed by atoms with Gasteiger partial charge >= 0.3 is 0 Å². The maximum Gasteiger partial charge on any atom is 0.270 e. The van der Waals surface area contributed by atoms with E-state index in [4.69, 9.17) is 0 Å². The summed E-state index contributed by atoms with van der Waals surface area (Å²) in [6, 6.07) is 8.78. The number of rotatable bonds is 4. The lowest BCUT2D eigenvalue weighted by atomic mass is 10.0. The van der Waals surface area contributed by atoms with Gasteiger partial charge in [0.2, 0.25) is 0 Å². The van der Waals surface area contributed by atoms with Gasteiger partial charge in [-0.3, -0.25) is 15.1 Å². The van der Waals surface area contributed by atoms with E-state index >= 15 is 0 Å². The molecule has 0 saturated heterocycles. The molecule has 0 spiro atoms. The second-order valence-corrected chi connectivity index (χ2v) is 5.16. The molecule has 0 unspecified atom stereocenters. The smallest absolute Gasteiger partial charge is 0.270 e. The van der Waals surface area contributed by atoms with E-state index < -0.39 is 4.92 Å². The van der Waals surface area contributed by atoms with Crippen LogP contribution in [0.4, 0.5) is 11.4 Å². The van der Waals surface area contributed by atoms with Gasteiger partial charge in [0.15, 0.2) is 0 Å². The van der Waals surface area contributed by atoms with Crippen molar-refractivity contribution in [3.63, 3.8) is 0 Å². The van der Waals surface area contributed by atoms with Gasteiger partial charge in [-0.05, 0) is 29.7 Å². The van der Waals surface area contributed by atoms with E-state index in [9.17, 15) is 20.3 Å². The van der Waals surface area contributed by atoms with Crippen LogP contribution in [0.5, 0.6) is 11.5 Å². The first-order valence-electron chi connectivity index (χ1n) is 6.73. The molecule has 6 heteroatoms. The number of hydrogen-bond donors (Lipinski definition) is 2. The Kier molecular flexibility index (Phi) is 4.41. The van der Waals surface area contributed by atoms with E-state index in [0.29, 0.717) is 5.69 Å². The number of non-ortho nitro benzene ring substituents is 1. The summed E-state index contributed by atoms with van der Waals surface area (Å²) in [5.41, 5.74) is 1.42. The molecule has 2 N–H and O–H groups in total. The molecule has 2 rings (SSSR count). The SMILES string of the molecule is CC(C)c1ccc(O)c(N=Cc2cc([N+](=O)[O-])ccc2O)c1. The Morgan fingerprint density at radius 2 is 1.82 bits per heavy atom. The molecule has 0 saturated carbocycles. The van der Waals surface area contributed by atoms with Gasteiger partial charge in [-0.15, -0.1) is 0 Å². The zero-order valence-electron chi connectivity index (χ0n) is 12.2. The maximum atomic E-state index is 10.8. The van der Waals surface area contributed by atoms with Crippen molar-refractivity contribution in [2.45, 2.75) is 19.8 Å². The highest BCUT2D eigenvalue weighted by molar-refractivity contribution is 5.86. The number of nitro benzene ring substituents is 1. The van der Waals surface area contributed by atoms with Gasteiger partial charge in [-0.25, -0.2) is 0 Å². The molecule has 0 aromatic heterocycles. The third kappa shape index (κ3) is 3.41. The van der Waals surface area contributed by atoms with Crippen LogP contribution in [0.25, 0.3) is 0 Å². The molecule has 0 radical (unpaired) electrons. The number of nitrogens with zero attached hydrogens (tertiary/aromatic N) is 2. The predicted octanol–water partition coefficient (Wildman–Crippen LogP) is 3.88. The molecule has 0 aliphatic heterocycles. The lowest BCUT2D eigenvalue weighted by Gasteiger charge is -2.07. The minimum atomic E-state index is -0.548. The molecule has 0 atom stereocenters. The van der Waals surface area contributed by atoms with Crippen molar-refractivity contribution in [2.24, 2.45) is 4.99 Å². The summed E-state index contributed by atoms with van der Waals surface area (Å²) in [5, 5.41) is 30.3. The molecule has 0 aliphatic carbocycles. The van der Waals surface area contributed by atoms with Crippen molar-refractivity contribution in [1.29, 1.82) is 0 Å². The molecule has 0 fully saturated rings. The molecular weight excluding hydrogens is 284 g/mol. The Hall–Kier alpha value is -2.89. The van der Waals surface area contributed by atoms with Crippen LogP contribution >= 0.6 is 0 Å².